The van der Waals surface area contributed by atoms with Crippen molar-refractivity contribution in [1.82, 2.24) is 5.32 Å². The molecule has 5 heteroatoms. The van der Waals surface area contributed by atoms with Crippen molar-refractivity contribution in [2.24, 2.45) is 11.8 Å². The van der Waals surface area contributed by atoms with E-state index in [-0.39, 0.29) is 17.7 Å². The van der Waals surface area contributed by atoms with Crippen LogP contribution in [0.4, 0.5) is 0 Å². The van der Waals surface area contributed by atoms with Crippen LogP contribution < -0.4 is 10.1 Å². The molecule has 2 rings (SSSR count). The van der Waals surface area contributed by atoms with Crippen LogP contribution in [0, 0.1) is 11.8 Å². The normalized spacial score (nSPS) is 21.4. The van der Waals surface area contributed by atoms with Crippen molar-refractivity contribution in [1.29, 1.82) is 0 Å². The molecule has 1 amide bonds. The molecular formula is C15H19NO4. The number of amides is 1. The van der Waals surface area contributed by atoms with Crippen LogP contribution in [0.25, 0.3) is 0 Å². The van der Waals surface area contributed by atoms with Gasteiger partial charge in [0.2, 0.25) is 5.91 Å². The molecule has 0 aromatic heterocycles. The highest BCUT2D eigenvalue weighted by Gasteiger charge is 2.33. The Morgan fingerprint density at radius 1 is 1.35 bits per heavy atom. The molecule has 5 nitrogen and oxygen atoms in total. The molecule has 1 aromatic rings. The maximum Gasteiger partial charge on any atom is 0.306 e. The standard InChI is InChI=1S/C15H19NO4/c1-20-13-4-2-3-10(7-13)9-16-14(17)11-5-6-12(8-11)15(18)19/h2-4,7,11-12H,5-6,8-9H2,1H3,(H,16,17)(H,18,19)/t11-,12+/m1/s1. The number of carboxylic acid groups (broad SMARTS) is 1. The Balaban J connectivity index is 1.85. The van der Waals surface area contributed by atoms with Crippen LogP contribution in [-0.2, 0) is 16.1 Å². The summed E-state index contributed by atoms with van der Waals surface area (Å²) >= 11 is 0. The minimum atomic E-state index is -0.798. The summed E-state index contributed by atoms with van der Waals surface area (Å²) in [6.07, 6.45) is 1.69. The van der Waals surface area contributed by atoms with Crippen LogP contribution in [0.2, 0.25) is 0 Å². The number of hydrogen-bond donors (Lipinski definition) is 2. The number of carbonyl (C=O) groups excluding carboxylic acids is 1. The molecule has 2 N–H and O–H groups in total. The van der Waals surface area contributed by atoms with Crippen LogP contribution >= 0.6 is 0 Å². The van der Waals surface area contributed by atoms with Gasteiger partial charge in [-0.2, -0.15) is 0 Å². The molecule has 0 bridgehead atoms. The summed E-state index contributed by atoms with van der Waals surface area (Å²) < 4.78 is 5.12. The van der Waals surface area contributed by atoms with E-state index in [4.69, 9.17) is 9.84 Å². The van der Waals surface area contributed by atoms with Gasteiger partial charge in [0.1, 0.15) is 5.75 Å². The number of methoxy groups -OCH3 is 1. The molecule has 1 aliphatic carbocycles. The van der Waals surface area contributed by atoms with Crippen molar-refractivity contribution in [3.8, 4) is 5.75 Å². The number of rotatable bonds is 5. The van der Waals surface area contributed by atoms with E-state index in [9.17, 15) is 9.59 Å². The summed E-state index contributed by atoms with van der Waals surface area (Å²) in [5.74, 6) is -0.655. The molecule has 20 heavy (non-hydrogen) atoms. The van der Waals surface area contributed by atoms with Crippen LogP contribution in [0.1, 0.15) is 24.8 Å². The molecule has 1 aliphatic rings. The van der Waals surface area contributed by atoms with Gasteiger partial charge in [0.05, 0.1) is 13.0 Å². The summed E-state index contributed by atoms with van der Waals surface area (Å²) in [6, 6.07) is 7.50. The third-order valence-electron chi connectivity index (χ3n) is 3.75. The Morgan fingerprint density at radius 2 is 2.10 bits per heavy atom. The number of carbonyl (C=O) groups is 2. The Morgan fingerprint density at radius 3 is 2.75 bits per heavy atom. The highest BCUT2D eigenvalue weighted by Crippen LogP contribution is 2.31. The first-order valence-electron chi connectivity index (χ1n) is 6.73. The number of carboxylic acids is 1. The van der Waals surface area contributed by atoms with Gasteiger partial charge in [-0.3, -0.25) is 9.59 Å². The minimum Gasteiger partial charge on any atom is -0.497 e. The van der Waals surface area contributed by atoms with E-state index < -0.39 is 5.97 Å². The molecule has 0 aliphatic heterocycles. The summed E-state index contributed by atoms with van der Waals surface area (Å²) in [7, 11) is 1.60. The molecule has 0 unspecified atom stereocenters. The second-order valence-electron chi connectivity index (χ2n) is 5.11. The summed E-state index contributed by atoms with van der Waals surface area (Å²) in [4.78, 5) is 22.9. The lowest BCUT2D eigenvalue weighted by molar-refractivity contribution is -0.141. The number of nitrogens with one attached hydrogen (secondary N) is 1. The van der Waals surface area contributed by atoms with Gasteiger partial charge in [-0.1, -0.05) is 12.1 Å². The zero-order chi connectivity index (χ0) is 14.5. The van der Waals surface area contributed by atoms with Gasteiger partial charge in [0, 0.05) is 12.5 Å². The van der Waals surface area contributed by atoms with Crippen molar-refractivity contribution in [3.63, 3.8) is 0 Å². The highest BCUT2D eigenvalue weighted by molar-refractivity contribution is 5.80. The summed E-state index contributed by atoms with van der Waals surface area (Å²) in [5, 5.41) is 11.8. The first-order valence-corrected chi connectivity index (χ1v) is 6.73. The number of benzene rings is 1. The Hall–Kier alpha value is -2.04. The van der Waals surface area contributed by atoms with E-state index in [1.165, 1.54) is 0 Å². The van der Waals surface area contributed by atoms with Crippen LogP contribution in [-0.4, -0.2) is 24.1 Å². The fourth-order valence-electron chi connectivity index (χ4n) is 2.56. The van der Waals surface area contributed by atoms with Crippen molar-refractivity contribution in [3.05, 3.63) is 29.8 Å². The predicted molar refractivity (Wildman–Crippen MR) is 73.3 cm³/mol. The fraction of sp³-hybridized carbons (Fsp3) is 0.467. The third-order valence-corrected chi connectivity index (χ3v) is 3.75. The van der Waals surface area contributed by atoms with E-state index in [0.29, 0.717) is 25.8 Å². The molecule has 108 valence electrons. The van der Waals surface area contributed by atoms with Gasteiger partial charge in [0.25, 0.3) is 0 Å². The molecule has 0 spiro atoms. The smallest absolute Gasteiger partial charge is 0.306 e. The van der Waals surface area contributed by atoms with Crippen LogP contribution in [0.15, 0.2) is 24.3 Å². The van der Waals surface area contributed by atoms with E-state index in [1.54, 1.807) is 7.11 Å². The van der Waals surface area contributed by atoms with Gasteiger partial charge >= 0.3 is 5.97 Å². The molecular weight excluding hydrogens is 258 g/mol. The number of aliphatic carboxylic acids is 1. The Labute approximate surface area is 117 Å². The molecule has 2 atom stereocenters. The van der Waals surface area contributed by atoms with Crippen molar-refractivity contribution >= 4 is 11.9 Å². The predicted octanol–water partition coefficient (Wildman–Crippen LogP) is 1.81. The molecule has 1 saturated carbocycles. The Kier molecular flexibility index (Phi) is 4.61. The lowest BCUT2D eigenvalue weighted by Crippen LogP contribution is -2.29. The van der Waals surface area contributed by atoms with Crippen molar-refractivity contribution in [2.45, 2.75) is 25.8 Å². The van der Waals surface area contributed by atoms with Crippen molar-refractivity contribution < 1.29 is 19.4 Å². The summed E-state index contributed by atoms with van der Waals surface area (Å²) in [5.41, 5.74) is 0.963. The average Bonchev–Trinajstić information content (AvgIpc) is 2.95. The van der Waals surface area contributed by atoms with Crippen molar-refractivity contribution in [2.75, 3.05) is 7.11 Å². The van der Waals surface area contributed by atoms with E-state index in [1.807, 2.05) is 24.3 Å². The maximum atomic E-state index is 12.0. The van der Waals surface area contributed by atoms with Gasteiger partial charge in [0.15, 0.2) is 0 Å². The largest absolute Gasteiger partial charge is 0.497 e. The SMILES string of the molecule is COc1cccc(CNC(=O)[C@@H]2CC[C@H](C(=O)O)C2)c1. The van der Waals surface area contributed by atoms with Gasteiger partial charge in [-0.25, -0.2) is 0 Å². The molecule has 1 aromatic carbocycles. The van der Waals surface area contributed by atoms with Crippen LogP contribution in [0.5, 0.6) is 5.75 Å². The van der Waals surface area contributed by atoms with Crippen LogP contribution in [0.3, 0.4) is 0 Å². The second-order valence-corrected chi connectivity index (χ2v) is 5.11. The average molecular weight is 277 g/mol. The number of hydrogen-bond acceptors (Lipinski definition) is 3. The van der Waals surface area contributed by atoms with Gasteiger partial charge in [-0.05, 0) is 37.0 Å². The fourth-order valence-corrected chi connectivity index (χ4v) is 2.56. The molecule has 0 heterocycles. The lowest BCUT2D eigenvalue weighted by atomic mass is 10.0. The van der Waals surface area contributed by atoms with Gasteiger partial charge < -0.3 is 15.2 Å². The topological polar surface area (TPSA) is 75.6 Å². The van der Waals surface area contributed by atoms with Gasteiger partial charge in [-0.15, -0.1) is 0 Å². The monoisotopic (exact) mass is 277 g/mol. The minimum absolute atomic E-state index is 0.0587. The first-order chi connectivity index (χ1) is 9.60. The highest BCUT2D eigenvalue weighted by atomic mass is 16.5. The lowest BCUT2D eigenvalue weighted by Gasteiger charge is -2.11. The zero-order valence-electron chi connectivity index (χ0n) is 11.5. The second kappa shape index (κ2) is 6.41. The Bertz CT molecular complexity index is 500. The molecule has 0 saturated heterocycles. The third kappa shape index (κ3) is 3.50. The number of ether oxygens (including phenoxy) is 1. The molecule has 1 fully saturated rings. The van der Waals surface area contributed by atoms with E-state index in [0.717, 1.165) is 11.3 Å². The maximum absolute atomic E-state index is 12.0. The first kappa shape index (κ1) is 14.4. The quantitative estimate of drug-likeness (QED) is 0.860. The molecule has 0 radical (unpaired) electrons. The summed E-state index contributed by atoms with van der Waals surface area (Å²) in [6.45, 7) is 0.435. The zero-order valence-corrected chi connectivity index (χ0v) is 11.5. The van der Waals surface area contributed by atoms with E-state index >= 15 is 0 Å². The van der Waals surface area contributed by atoms with E-state index in [2.05, 4.69) is 5.32 Å².